The van der Waals surface area contributed by atoms with Gasteiger partial charge < -0.3 is 5.11 Å². The van der Waals surface area contributed by atoms with Gasteiger partial charge >= 0.3 is 0 Å². The maximum atomic E-state index is 9.18. The van der Waals surface area contributed by atoms with Gasteiger partial charge in [-0.1, -0.05) is 32.9 Å². The molecule has 0 fully saturated rings. The lowest BCUT2D eigenvalue weighted by atomic mass is 9.87. The Kier molecular flexibility index (Phi) is 3.26. The molecule has 18 heavy (non-hydrogen) atoms. The SMILES string of the molecule is Cc1nn(-c2ccc(C(C)(C)C)cc2)cc1CO. The zero-order valence-corrected chi connectivity index (χ0v) is 11.4. The van der Waals surface area contributed by atoms with Gasteiger partial charge in [0.25, 0.3) is 0 Å². The Hall–Kier alpha value is -1.61. The number of aliphatic hydroxyl groups is 1. The van der Waals surface area contributed by atoms with Crippen molar-refractivity contribution in [3.63, 3.8) is 0 Å². The van der Waals surface area contributed by atoms with Crippen molar-refractivity contribution in [1.29, 1.82) is 0 Å². The highest BCUT2D eigenvalue weighted by Gasteiger charge is 2.13. The largest absolute Gasteiger partial charge is 0.392 e. The molecule has 96 valence electrons. The first-order chi connectivity index (χ1) is 8.41. The van der Waals surface area contributed by atoms with Crippen LogP contribution in [-0.4, -0.2) is 14.9 Å². The summed E-state index contributed by atoms with van der Waals surface area (Å²) in [5, 5.41) is 13.6. The molecule has 3 heteroatoms. The van der Waals surface area contributed by atoms with Gasteiger partial charge in [-0.05, 0) is 30.0 Å². The van der Waals surface area contributed by atoms with Crippen molar-refractivity contribution in [3.05, 3.63) is 47.3 Å². The molecule has 0 spiro atoms. The number of rotatable bonds is 2. The highest BCUT2D eigenvalue weighted by atomic mass is 16.3. The molecule has 0 saturated carbocycles. The number of aromatic nitrogens is 2. The van der Waals surface area contributed by atoms with E-state index in [4.69, 9.17) is 0 Å². The average Bonchev–Trinajstić information content (AvgIpc) is 2.69. The minimum absolute atomic E-state index is 0.0336. The van der Waals surface area contributed by atoms with Gasteiger partial charge in [0, 0.05) is 11.8 Å². The van der Waals surface area contributed by atoms with Gasteiger partial charge in [0.1, 0.15) is 0 Å². The van der Waals surface area contributed by atoms with Crippen LogP contribution in [0.1, 0.15) is 37.6 Å². The minimum atomic E-state index is 0.0336. The van der Waals surface area contributed by atoms with Gasteiger partial charge in [-0.15, -0.1) is 0 Å². The summed E-state index contributed by atoms with van der Waals surface area (Å²) >= 11 is 0. The molecule has 3 nitrogen and oxygen atoms in total. The van der Waals surface area contributed by atoms with Gasteiger partial charge in [-0.25, -0.2) is 4.68 Å². The normalized spacial score (nSPS) is 11.8. The molecule has 0 saturated heterocycles. The molecule has 0 radical (unpaired) electrons. The van der Waals surface area contributed by atoms with Crippen LogP contribution in [0.3, 0.4) is 0 Å². The van der Waals surface area contributed by atoms with Gasteiger partial charge in [-0.2, -0.15) is 5.10 Å². The molecule has 1 N–H and O–H groups in total. The van der Waals surface area contributed by atoms with Crippen LogP contribution in [0, 0.1) is 6.92 Å². The number of hydrogen-bond acceptors (Lipinski definition) is 2. The number of hydrogen-bond donors (Lipinski definition) is 1. The zero-order chi connectivity index (χ0) is 13.3. The Morgan fingerprint density at radius 2 is 1.78 bits per heavy atom. The molecule has 2 rings (SSSR count). The maximum absolute atomic E-state index is 9.18. The van der Waals surface area contributed by atoms with E-state index < -0.39 is 0 Å². The van der Waals surface area contributed by atoms with E-state index in [0.29, 0.717) is 0 Å². The second-order valence-corrected chi connectivity index (χ2v) is 5.64. The fourth-order valence-corrected chi connectivity index (χ4v) is 1.90. The molecule has 0 aliphatic carbocycles. The predicted molar refractivity (Wildman–Crippen MR) is 72.9 cm³/mol. The maximum Gasteiger partial charge on any atom is 0.0715 e. The van der Waals surface area contributed by atoms with Gasteiger partial charge in [0.05, 0.1) is 18.0 Å². The molecule has 0 bridgehead atoms. The molecule has 1 heterocycles. The average molecular weight is 244 g/mol. The molecule has 0 aliphatic heterocycles. The van der Waals surface area contributed by atoms with E-state index in [9.17, 15) is 5.11 Å². The number of aliphatic hydroxyl groups excluding tert-OH is 1. The van der Waals surface area contributed by atoms with Crippen molar-refractivity contribution in [3.8, 4) is 5.69 Å². The van der Waals surface area contributed by atoms with Crippen LogP contribution in [0.25, 0.3) is 5.69 Å². The van der Waals surface area contributed by atoms with Crippen LogP contribution in [-0.2, 0) is 12.0 Å². The summed E-state index contributed by atoms with van der Waals surface area (Å²) in [5.41, 5.74) is 4.23. The smallest absolute Gasteiger partial charge is 0.0715 e. The molecular weight excluding hydrogens is 224 g/mol. The van der Waals surface area contributed by atoms with Crippen molar-refractivity contribution in [2.45, 2.75) is 39.7 Å². The van der Waals surface area contributed by atoms with Crippen molar-refractivity contribution >= 4 is 0 Å². The lowest BCUT2D eigenvalue weighted by Gasteiger charge is -2.19. The third-order valence-corrected chi connectivity index (χ3v) is 3.17. The first-order valence-electron chi connectivity index (χ1n) is 6.19. The monoisotopic (exact) mass is 244 g/mol. The highest BCUT2D eigenvalue weighted by Crippen LogP contribution is 2.23. The van der Waals surface area contributed by atoms with E-state index in [-0.39, 0.29) is 12.0 Å². The zero-order valence-electron chi connectivity index (χ0n) is 11.4. The lowest BCUT2D eigenvalue weighted by Crippen LogP contribution is -2.10. The number of benzene rings is 1. The van der Waals surface area contributed by atoms with Crippen LogP contribution < -0.4 is 0 Å². The summed E-state index contributed by atoms with van der Waals surface area (Å²) in [7, 11) is 0. The summed E-state index contributed by atoms with van der Waals surface area (Å²) in [5.74, 6) is 0. The van der Waals surface area contributed by atoms with Crippen LogP contribution in [0.2, 0.25) is 0 Å². The molecule has 2 aromatic rings. The van der Waals surface area contributed by atoms with Crippen molar-refractivity contribution in [1.82, 2.24) is 9.78 Å². The molecule has 0 aliphatic rings. The van der Waals surface area contributed by atoms with Crippen molar-refractivity contribution < 1.29 is 5.11 Å². The van der Waals surface area contributed by atoms with Crippen molar-refractivity contribution in [2.75, 3.05) is 0 Å². The Morgan fingerprint density at radius 3 is 2.22 bits per heavy atom. The molecular formula is C15H20N2O. The Labute approximate surface area is 108 Å². The fraction of sp³-hybridized carbons (Fsp3) is 0.400. The summed E-state index contributed by atoms with van der Waals surface area (Å²) < 4.78 is 1.81. The summed E-state index contributed by atoms with van der Waals surface area (Å²) in [6.45, 7) is 8.54. The highest BCUT2D eigenvalue weighted by molar-refractivity contribution is 5.37. The quantitative estimate of drug-likeness (QED) is 0.882. The third kappa shape index (κ3) is 2.46. The van der Waals surface area contributed by atoms with Gasteiger partial charge in [0.15, 0.2) is 0 Å². The van der Waals surface area contributed by atoms with Gasteiger partial charge in [0.2, 0.25) is 0 Å². The minimum Gasteiger partial charge on any atom is -0.392 e. The van der Waals surface area contributed by atoms with Gasteiger partial charge in [-0.3, -0.25) is 0 Å². The summed E-state index contributed by atoms with van der Waals surface area (Å²) in [4.78, 5) is 0. The van der Waals surface area contributed by atoms with Crippen LogP contribution >= 0.6 is 0 Å². The summed E-state index contributed by atoms with van der Waals surface area (Å²) in [6.07, 6.45) is 1.88. The van der Waals surface area contributed by atoms with Crippen LogP contribution in [0.5, 0.6) is 0 Å². The Balaban J connectivity index is 2.34. The second kappa shape index (κ2) is 4.58. The van der Waals surface area contributed by atoms with E-state index >= 15 is 0 Å². The topological polar surface area (TPSA) is 38.0 Å². The molecule has 0 amide bonds. The summed E-state index contributed by atoms with van der Waals surface area (Å²) in [6, 6.07) is 8.39. The first-order valence-corrected chi connectivity index (χ1v) is 6.19. The van der Waals surface area contributed by atoms with E-state index in [1.165, 1.54) is 5.56 Å². The number of nitrogens with zero attached hydrogens (tertiary/aromatic N) is 2. The molecule has 0 atom stereocenters. The molecule has 1 aromatic carbocycles. The van der Waals surface area contributed by atoms with Crippen molar-refractivity contribution in [2.24, 2.45) is 0 Å². The standard InChI is InChI=1S/C15H20N2O/c1-11-12(10-18)9-17(16-11)14-7-5-13(6-8-14)15(2,3)4/h5-9,18H,10H2,1-4H3. The predicted octanol–water partition coefficient (Wildman–Crippen LogP) is 2.97. The molecule has 1 aromatic heterocycles. The first kappa shape index (κ1) is 12.8. The Bertz CT molecular complexity index is 533. The van der Waals surface area contributed by atoms with E-state index in [2.05, 4.69) is 50.1 Å². The van der Waals surface area contributed by atoms with E-state index in [0.717, 1.165) is 16.9 Å². The van der Waals surface area contributed by atoms with E-state index in [1.807, 2.05) is 17.8 Å². The molecule has 0 unspecified atom stereocenters. The third-order valence-electron chi connectivity index (χ3n) is 3.17. The van der Waals surface area contributed by atoms with Crippen LogP contribution in [0.15, 0.2) is 30.5 Å². The fourth-order valence-electron chi connectivity index (χ4n) is 1.90. The number of aryl methyl sites for hydroxylation is 1. The lowest BCUT2D eigenvalue weighted by molar-refractivity contribution is 0.281. The Morgan fingerprint density at radius 1 is 1.17 bits per heavy atom. The van der Waals surface area contributed by atoms with E-state index in [1.54, 1.807) is 0 Å². The second-order valence-electron chi connectivity index (χ2n) is 5.64. The van der Waals surface area contributed by atoms with Crippen LogP contribution in [0.4, 0.5) is 0 Å².